The van der Waals surface area contributed by atoms with Gasteiger partial charge in [0.15, 0.2) is 9.84 Å². The Balaban J connectivity index is 1.80. The van der Waals surface area contributed by atoms with Crippen molar-refractivity contribution in [2.24, 2.45) is 0 Å². The van der Waals surface area contributed by atoms with Gasteiger partial charge < -0.3 is 4.90 Å². The van der Waals surface area contributed by atoms with Gasteiger partial charge in [0.1, 0.15) is 0 Å². The summed E-state index contributed by atoms with van der Waals surface area (Å²) in [6, 6.07) is 6.41. The van der Waals surface area contributed by atoms with Crippen molar-refractivity contribution in [2.75, 3.05) is 19.3 Å². The van der Waals surface area contributed by atoms with Gasteiger partial charge in [0, 0.05) is 31.1 Å². The fourth-order valence-electron chi connectivity index (χ4n) is 3.03. The van der Waals surface area contributed by atoms with Gasteiger partial charge in [-0.2, -0.15) is 5.10 Å². The average molecular weight is 347 g/mol. The number of hydrogen-bond acceptors (Lipinski definition) is 4. The van der Waals surface area contributed by atoms with E-state index < -0.39 is 9.84 Å². The lowest BCUT2D eigenvalue weighted by Crippen LogP contribution is -2.40. The van der Waals surface area contributed by atoms with Gasteiger partial charge >= 0.3 is 0 Å². The van der Waals surface area contributed by atoms with Crippen molar-refractivity contribution in [3.05, 3.63) is 47.8 Å². The van der Waals surface area contributed by atoms with Crippen LogP contribution in [0.1, 0.15) is 34.8 Å². The van der Waals surface area contributed by atoms with E-state index in [-0.39, 0.29) is 16.8 Å². The Morgan fingerprint density at radius 1 is 1.33 bits per heavy atom. The Hall–Kier alpha value is -2.15. The number of likely N-dealkylation sites (tertiary alicyclic amines) is 1. The first-order valence-electron chi connectivity index (χ1n) is 7.95. The summed E-state index contributed by atoms with van der Waals surface area (Å²) in [5.74, 6) is -0.130. The lowest BCUT2D eigenvalue weighted by atomic mass is 10.0. The highest BCUT2D eigenvalue weighted by molar-refractivity contribution is 7.90. The minimum absolute atomic E-state index is 0.130. The largest absolute Gasteiger partial charge is 0.337 e. The highest BCUT2D eigenvalue weighted by atomic mass is 32.2. The summed E-state index contributed by atoms with van der Waals surface area (Å²) in [4.78, 5) is 14.7. The predicted molar refractivity (Wildman–Crippen MR) is 90.7 cm³/mol. The van der Waals surface area contributed by atoms with Crippen LogP contribution in [0, 0.1) is 6.92 Å². The Morgan fingerprint density at radius 3 is 2.79 bits per heavy atom. The molecule has 2 heterocycles. The number of carbonyl (C=O) groups is 1. The summed E-state index contributed by atoms with van der Waals surface area (Å²) in [5, 5.41) is 4.35. The molecule has 1 aliphatic heterocycles. The number of benzene rings is 1. The van der Waals surface area contributed by atoms with Crippen LogP contribution >= 0.6 is 0 Å². The second kappa shape index (κ2) is 6.39. The number of carbonyl (C=O) groups excluding carboxylic acids is 1. The monoisotopic (exact) mass is 347 g/mol. The molecule has 0 N–H and O–H groups in total. The number of piperidine rings is 1. The maximum absolute atomic E-state index is 12.8. The molecular weight excluding hydrogens is 326 g/mol. The molecule has 24 heavy (non-hydrogen) atoms. The molecule has 6 nitrogen and oxygen atoms in total. The van der Waals surface area contributed by atoms with E-state index >= 15 is 0 Å². The Labute approximate surface area is 142 Å². The molecule has 3 rings (SSSR count). The molecule has 0 radical (unpaired) electrons. The molecule has 2 aromatic rings. The van der Waals surface area contributed by atoms with Gasteiger partial charge in [0.2, 0.25) is 0 Å². The van der Waals surface area contributed by atoms with Crippen molar-refractivity contribution in [1.29, 1.82) is 0 Å². The van der Waals surface area contributed by atoms with Crippen LogP contribution in [-0.4, -0.2) is 48.4 Å². The second-order valence-electron chi connectivity index (χ2n) is 6.34. The van der Waals surface area contributed by atoms with Crippen LogP contribution < -0.4 is 0 Å². The molecule has 0 spiro atoms. The normalized spacial score (nSPS) is 18.6. The van der Waals surface area contributed by atoms with Gasteiger partial charge in [0.05, 0.1) is 17.1 Å². The van der Waals surface area contributed by atoms with E-state index in [0.29, 0.717) is 18.7 Å². The van der Waals surface area contributed by atoms with Crippen molar-refractivity contribution in [3.63, 3.8) is 0 Å². The third kappa shape index (κ3) is 3.51. The van der Waals surface area contributed by atoms with E-state index in [9.17, 15) is 13.2 Å². The summed E-state index contributed by atoms with van der Waals surface area (Å²) in [7, 11) is -3.33. The lowest BCUT2D eigenvalue weighted by Gasteiger charge is -2.33. The van der Waals surface area contributed by atoms with E-state index in [1.165, 1.54) is 12.1 Å². The van der Waals surface area contributed by atoms with Crippen LogP contribution in [-0.2, 0) is 9.84 Å². The topological polar surface area (TPSA) is 72.3 Å². The smallest absolute Gasteiger partial charge is 0.253 e. The minimum Gasteiger partial charge on any atom is -0.337 e. The summed E-state index contributed by atoms with van der Waals surface area (Å²) in [5.41, 5.74) is 1.51. The van der Waals surface area contributed by atoms with Crippen LogP contribution in [0.4, 0.5) is 0 Å². The second-order valence-corrected chi connectivity index (χ2v) is 8.36. The number of amides is 1. The highest BCUT2D eigenvalue weighted by Crippen LogP contribution is 2.23. The van der Waals surface area contributed by atoms with E-state index in [0.717, 1.165) is 24.7 Å². The van der Waals surface area contributed by atoms with Crippen LogP contribution in [0.25, 0.3) is 0 Å². The number of rotatable bonds is 3. The zero-order valence-electron chi connectivity index (χ0n) is 13.8. The third-order valence-corrected chi connectivity index (χ3v) is 5.41. The molecule has 0 bridgehead atoms. The molecule has 1 saturated heterocycles. The number of aromatic nitrogens is 2. The van der Waals surface area contributed by atoms with Crippen molar-refractivity contribution < 1.29 is 13.2 Å². The fourth-order valence-corrected chi connectivity index (χ4v) is 3.70. The average Bonchev–Trinajstić information content (AvgIpc) is 3.00. The van der Waals surface area contributed by atoms with Crippen LogP contribution in [0.15, 0.2) is 41.6 Å². The van der Waals surface area contributed by atoms with Crippen LogP contribution in [0.2, 0.25) is 0 Å². The zero-order valence-corrected chi connectivity index (χ0v) is 14.7. The first-order chi connectivity index (χ1) is 11.3. The Bertz CT molecular complexity index is 857. The van der Waals surface area contributed by atoms with E-state index in [1.807, 2.05) is 24.0 Å². The van der Waals surface area contributed by atoms with Gasteiger partial charge in [0.25, 0.3) is 5.91 Å². The standard InChI is InChI=1S/C17H21N3O3S/c1-13-10-18-20(11-13)15-6-4-8-19(12-15)17(21)14-5-3-7-16(9-14)24(2,22)23/h3,5,7,9-11,15H,4,6,8,12H2,1-2H3/t15-/m0/s1. The van der Waals surface area contributed by atoms with Gasteiger partial charge in [-0.1, -0.05) is 6.07 Å². The number of sulfone groups is 1. The van der Waals surface area contributed by atoms with Crippen LogP contribution in [0.5, 0.6) is 0 Å². The molecule has 1 amide bonds. The van der Waals surface area contributed by atoms with Crippen molar-refractivity contribution in [2.45, 2.75) is 30.7 Å². The number of nitrogens with zero attached hydrogens (tertiary/aromatic N) is 3. The maximum atomic E-state index is 12.8. The fraction of sp³-hybridized carbons (Fsp3) is 0.412. The van der Waals surface area contributed by atoms with Gasteiger partial charge in [-0.25, -0.2) is 8.42 Å². The van der Waals surface area contributed by atoms with E-state index in [2.05, 4.69) is 5.10 Å². The van der Waals surface area contributed by atoms with Gasteiger partial charge in [-0.3, -0.25) is 9.48 Å². The van der Waals surface area contributed by atoms with Gasteiger partial charge in [-0.05, 0) is 43.5 Å². The summed E-state index contributed by atoms with van der Waals surface area (Å²) in [6.07, 6.45) is 6.84. The quantitative estimate of drug-likeness (QED) is 0.852. The SMILES string of the molecule is Cc1cnn([C@H]2CCCN(C(=O)c3cccc(S(C)(=O)=O)c3)C2)c1. The summed E-state index contributed by atoms with van der Waals surface area (Å²) < 4.78 is 25.3. The molecule has 1 fully saturated rings. The molecule has 128 valence electrons. The van der Waals surface area contributed by atoms with Gasteiger partial charge in [-0.15, -0.1) is 0 Å². The first-order valence-corrected chi connectivity index (χ1v) is 9.84. The predicted octanol–water partition coefficient (Wildman–Crippen LogP) is 2.07. The van der Waals surface area contributed by atoms with Crippen molar-refractivity contribution in [1.82, 2.24) is 14.7 Å². The molecular formula is C17H21N3O3S. The lowest BCUT2D eigenvalue weighted by molar-refractivity contribution is 0.0672. The summed E-state index contributed by atoms with van der Waals surface area (Å²) >= 11 is 0. The third-order valence-electron chi connectivity index (χ3n) is 4.30. The van der Waals surface area contributed by atoms with Crippen LogP contribution in [0.3, 0.4) is 0 Å². The highest BCUT2D eigenvalue weighted by Gasteiger charge is 2.26. The summed E-state index contributed by atoms with van der Waals surface area (Å²) in [6.45, 7) is 3.26. The molecule has 0 unspecified atom stereocenters. The molecule has 0 saturated carbocycles. The number of aryl methyl sites for hydroxylation is 1. The molecule has 1 aliphatic rings. The Morgan fingerprint density at radius 2 is 2.12 bits per heavy atom. The molecule has 1 atom stereocenters. The van der Waals surface area contributed by atoms with E-state index in [4.69, 9.17) is 0 Å². The van der Waals surface area contributed by atoms with Crippen molar-refractivity contribution >= 4 is 15.7 Å². The zero-order chi connectivity index (χ0) is 17.3. The minimum atomic E-state index is -3.33. The molecule has 1 aromatic heterocycles. The first kappa shape index (κ1) is 16.7. The molecule has 1 aromatic carbocycles. The maximum Gasteiger partial charge on any atom is 0.253 e. The van der Waals surface area contributed by atoms with E-state index in [1.54, 1.807) is 17.0 Å². The molecule has 0 aliphatic carbocycles. The Kier molecular flexibility index (Phi) is 4.45. The number of hydrogen-bond donors (Lipinski definition) is 0. The van der Waals surface area contributed by atoms with Crippen molar-refractivity contribution in [3.8, 4) is 0 Å². The molecule has 7 heteroatoms.